The van der Waals surface area contributed by atoms with Gasteiger partial charge in [0.2, 0.25) is 0 Å². The van der Waals surface area contributed by atoms with Crippen LogP contribution in [0.25, 0.3) is 0 Å². The van der Waals surface area contributed by atoms with Gasteiger partial charge in [-0.3, -0.25) is 4.21 Å². The average Bonchev–Trinajstić information content (AvgIpc) is 2.39. The molecule has 0 spiro atoms. The summed E-state index contributed by atoms with van der Waals surface area (Å²) >= 11 is 5.80. The van der Waals surface area contributed by atoms with Crippen molar-refractivity contribution in [3.05, 3.63) is 59.1 Å². The van der Waals surface area contributed by atoms with Crippen LogP contribution in [0.4, 0.5) is 5.69 Å². The van der Waals surface area contributed by atoms with Gasteiger partial charge in [0, 0.05) is 10.7 Å². The SMILES string of the molecule is Nc1cc(Cl)ccc1S(=O)COCc1ccccc1. The third-order valence-corrected chi connectivity index (χ3v) is 4.00. The summed E-state index contributed by atoms with van der Waals surface area (Å²) in [5.74, 6) is 0.112. The largest absolute Gasteiger partial charge is 0.398 e. The number of nitrogen functional groups attached to an aromatic ring is 1. The fourth-order valence-electron chi connectivity index (χ4n) is 1.60. The molecule has 0 aromatic heterocycles. The van der Waals surface area contributed by atoms with Crippen molar-refractivity contribution in [3.63, 3.8) is 0 Å². The van der Waals surface area contributed by atoms with E-state index in [1.165, 1.54) is 0 Å². The monoisotopic (exact) mass is 295 g/mol. The summed E-state index contributed by atoms with van der Waals surface area (Å²) in [7, 11) is -1.28. The van der Waals surface area contributed by atoms with E-state index in [0.29, 0.717) is 22.2 Å². The first-order valence-corrected chi connectivity index (χ1v) is 7.41. The van der Waals surface area contributed by atoms with Gasteiger partial charge in [-0.2, -0.15) is 0 Å². The summed E-state index contributed by atoms with van der Waals surface area (Å²) < 4.78 is 17.5. The fraction of sp³-hybridized carbons (Fsp3) is 0.143. The van der Waals surface area contributed by atoms with Crippen LogP contribution in [-0.2, 0) is 22.1 Å². The molecule has 0 aliphatic rings. The van der Waals surface area contributed by atoms with Crippen molar-refractivity contribution in [2.45, 2.75) is 11.5 Å². The molecule has 0 radical (unpaired) electrons. The van der Waals surface area contributed by atoms with E-state index in [1.807, 2.05) is 30.3 Å². The molecule has 2 aromatic rings. The second-order valence-electron chi connectivity index (χ2n) is 3.98. The molecular formula is C14H14ClNO2S. The van der Waals surface area contributed by atoms with Crippen LogP contribution in [-0.4, -0.2) is 10.1 Å². The molecule has 2 aromatic carbocycles. The van der Waals surface area contributed by atoms with Gasteiger partial charge in [-0.1, -0.05) is 41.9 Å². The minimum atomic E-state index is -1.28. The zero-order valence-corrected chi connectivity index (χ0v) is 11.8. The van der Waals surface area contributed by atoms with Crippen molar-refractivity contribution in [2.24, 2.45) is 0 Å². The lowest BCUT2D eigenvalue weighted by Gasteiger charge is -2.07. The normalized spacial score (nSPS) is 12.3. The van der Waals surface area contributed by atoms with E-state index in [-0.39, 0.29) is 5.94 Å². The van der Waals surface area contributed by atoms with Gasteiger partial charge in [-0.15, -0.1) is 0 Å². The van der Waals surface area contributed by atoms with Crippen LogP contribution in [0.15, 0.2) is 53.4 Å². The highest BCUT2D eigenvalue weighted by Crippen LogP contribution is 2.21. The van der Waals surface area contributed by atoms with Crippen LogP contribution in [0.1, 0.15) is 5.56 Å². The summed E-state index contributed by atoms with van der Waals surface area (Å²) in [4.78, 5) is 0.553. The predicted molar refractivity (Wildman–Crippen MR) is 78.4 cm³/mol. The molecule has 0 amide bonds. The fourth-order valence-corrected chi connectivity index (χ4v) is 2.68. The molecule has 3 nitrogen and oxygen atoms in total. The minimum absolute atomic E-state index is 0.112. The molecule has 0 heterocycles. The molecule has 0 aliphatic heterocycles. The zero-order valence-electron chi connectivity index (χ0n) is 10.2. The van der Waals surface area contributed by atoms with Crippen LogP contribution in [0.5, 0.6) is 0 Å². The smallest absolute Gasteiger partial charge is 0.127 e. The van der Waals surface area contributed by atoms with Gasteiger partial charge in [0.05, 0.1) is 22.3 Å². The van der Waals surface area contributed by atoms with E-state index in [0.717, 1.165) is 5.56 Å². The maximum Gasteiger partial charge on any atom is 0.127 e. The molecular weight excluding hydrogens is 282 g/mol. The molecule has 1 unspecified atom stereocenters. The predicted octanol–water partition coefficient (Wildman–Crippen LogP) is 3.20. The molecule has 1 atom stereocenters. The Balaban J connectivity index is 1.91. The number of nitrogens with two attached hydrogens (primary N) is 1. The van der Waals surface area contributed by atoms with Crippen molar-refractivity contribution in [2.75, 3.05) is 11.7 Å². The van der Waals surface area contributed by atoms with Gasteiger partial charge in [0.15, 0.2) is 0 Å². The molecule has 0 bridgehead atoms. The molecule has 19 heavy (non-hydrogen) atoms. The van der Waals surface area contributed by atoms with Crippen molar-refractivity contribution in [1.29, 1.82) is 0 Å². The topological polar surface area (TPSA) is 52.3 Å². The Kier molecular flexibility index (Phi) is 4.96. The summed E-state index contributed by atoms with van der Waals surface area (Å²) in [6.07, 6.45) is 0. The molecule has 2 N–H and O–H groups in total. The number of ether oxygens (including phenoxy) is 1. The van der Waals surface area contributed by atoms with Gasteiger partial charge in [0.1, 0.15) is 5.94 Å². The van der Waals surface area contributed by atoms with E-state index < -0.39 is 10.8 Å². The van der Waals surface area contributed by atoms with Crippen molar-refractivity contribution >= 4 is 28.1 Å². The summed E-state index contributed by atoms with van der Waals surface area (Å²) in [5.41, 5.74) is 7.24. The molecule has 5 heteroatoms. The lowest BCUT2D eigenvalue weighted by molar-refractivity contribution is 0.166. The molecule has 0 saturated heterocycles. The Morgan fingerprint density at radius 2 is 1.89 bits per heavy atom. The number of benzene rings is 2. The van der Waals surface area contributed by atoms with Crippen molar-refractivity contribution < 1.29 is 8.95 Å². The van der Waals surface area contributed by atoms with Gasteiger partial charge in [-0.25, -0.2) is 0 Å². The first-order valence-electron chi connectivity index (χ1n) is 5.72. The van der Waals surface area contributed by atoms with Crippen LogP contribution in [0.3, 0.4) is 0 Å². The third-order valence-electron chi connectivity index (χ3n) is 2.52. The average molecular weight is 296 g/mol. The second-order valence-corrected chi connectivity index (χ2v) is 5.78. The minimum Gasteiger partial charge on any atom is -0.398 e. The number of hydrogen-bond donors (Lipinski definition) is 1. The zero-order chi connectivity index (χ0) is 13.7. The van der Waals surface area contributed by atoms with E-state index in [2.05, 4.69) is 0 Å². The maximum atomic E-state index is 12.0. The lowest BCUT2D eigenvalue weighted by Crippen LogP contribution is -2.05. The number of anilines is 1. The quantitative estimate of drug-likeness (QED) is 0.862. The number of rotatable bonds is 5. The Bertz CT molecular complexity index is 575. The standard InChI is InChI=1S/C14H14ClNO2S/c15-12-6-7-14(13(16)8-12)19(17)10-18-9-11-4-2-1-3-5-11/h1-8H,9-10,16H2. The van der Waals surface area contributed by atoms with Crippen molar-refractivity contribution in [1.82, 2.24) is 0 Å². The van der Waals surface area contributed by atoms with Crippen LogP contribution >= 0.6 is 11.6 Å². The Morgan fingerprint density at radius 1 is 1.16 bits per heavy atom. The summed E-state index contributed by atoms with van der Waals surface area (Å²) in [6, 6.07) is 14.7. The highest BCUT2D eigenvalue weighted by molar-refractivity contribution is 7.85. The van der Waals surface area contributed by atoms with Crippen molar-refractivity contribution in [3.8, 4) is 0 Å². The van der Waals surface area contributed by atoms with Gasteiger partial charge in [0.25, 0.3) is 0 Å². The van der Waals surface area contributed by atoms with Gasteiger partial charge in [-0.05, 0) is 23.8 Å². The maximum absolute atomic E-state index is 12.0. The number of hydrogen-bond acceptors (Lipinski definition) is 3. The van der Waals surface area contributed by atoms with Crippen LogP contribution in [0, 0.1) is 0 Å². The van der Waals surface area contributed by atoms with E-state index >= 15 is 0 Å². The number of halogens is 1. The van der Waals surface area contributed by atoms with Crippen LogP contribution < -0.4 is 5.73 Å². The lowest BCUT2D eigenvalue weighted by atomic mass is 10.2. The van der Waals surface area contributed by atoms with Crippen LogP contribution in [0.2, 0.25) is 5.02 Å². The molecule has 2 rings (SSSR count). The Morgan fingerprint density at radius 3 is 2.58 bits per heavy atom. The Hall–Kier alpha value is -1.36. The first-order chi connectivity index (χ1) is 9.16. The van der Waals surface area contributed by atoms with Gasteiger partial charge >= 0.3 is 0 Å². The summed E-state index contributed by atoms with van der Waals surface area (Å²) in [6.45, 7) is 0.431. The van der Waals surface area contributed by atoms with Gasteiger partial charge < -0.3 is 10.5 Å². The highest BCUT2D eigenvalue weighted by Gasteiger charge is 2.08. The highest BCUT2D eigenvalue weighted by atomic mass is 35.5. The molecule has 0 saturated carbocycles. The molecule has 0 aliphatic carbocycles. The third kappa shape index (κ3) is 4.06. The Labute approximate surface area is 119 Å². The van der Waals surface area contributed by atoms with E-state index in [4.69, 9.17) is 22.1 Å². The molecule has 0 fully saturated rings. The first kappa shape index (κ1) is 14.1. The summed E-state index contributed by atoms with van der Waals surface area (Å²) in [5, 5.41) is 0.531. The second kappa shape index (κ2) is 6.70. The molecule has 100 valence electrons. The van der Waals surface area contributed by atoms with E-state index in [9.17, 15) is 4.21 Å². The van der Waals surface area contributed by atoms with E-state index in [1.54, 1.807) is 18.2 Å².